The van der Waals surface area contributed by atoms with Crippen LogP contribution in [0.1, 0.15) is 5.56 Å². The Morgan fingerprint density at radius 3 is 2.47 bits per heavy atom. The van der Waals surface area contributed by atoms with Gasteiger partial charge in [0.2, 0.25) is 0 Å². The quantitative estimate of drug-likeness (QED) is 0.930. The van der Waals surface area contributed by atoms with Gasteiger partial charge in [-0.3, -0.25) is 4.72 Å². The Morgan fingerprint density at radius 2 is 1.89 bits per heavy atom. The minimum absolute atomic E-state index is 0.0576. The van der Waals surface area contributed by atoms with Crippen LogP contribution in [0.5, 0.6) is 0 Å². The van der Waals surface area contributed by atoms with Crippen LogP contribution < -0.4 is 4.72 Å². The average molecular weight is 345 g/mol. The Hall–Kier alpha value is -1.47. The van der Waals surface area contributed by atoms with Crippen molar-refractivity contribution in [2.45, 2.75) is 11.8 Å². The Bertz CT molecular complexity index is 702. The number of nitrogens with zero attached hydrogens (tertiary/aromatic N) is 1. The molecular weight excluding hydrogens is 335 g/mol. The Balaban J connectivity index is 2.33. The third-order valence-corrected chi connectivity index (χ3v) is 4.16. The average Bonchev–Trinajstić information content (AvgIpc) is 2.33. The largest absolute Gasteiger partial charge is 0.263 e. The van der Waals surface area contributed by atoms with Crippen LogP contribution >= 0.6 is 15.9 Å². The van der Waals surface area contributed by atoms with Crippen LogP contribution in [-0.4, -0.2) is 13.4 Å². The van der Waals surface area contributed by atoms with E-state index in [0.29, 0.717) is 4.47 Å². The maximum absolute atomic E-state index is 13.5. The van der Waals surface area contributed by atoms with Crippen molar-refractivity contribution in [2.24, 2.45) is 0 Å². The second-order valence-electron chi connectivity index (χ2n) is 3.90. The summed E-state index contributed by atoms with van der Waals surface area (Å²) < 4.78 is 40.1. The highest BCUT2D eigenvalue weighted by Gasteiger charge is 2.17. The Labute approximate surface area is 118 Å². The summed E-state index contributed by atoms with van der Waals surface area (Å²) in [6, 6.07) is 7.38. The first-order chi connectivity index (χ1) is 8.88. The smallest absolute Gasteiger partial charge is 0.261 e. The summed E-state index contributed by atoms with van der Waals surface area (Å²) in [6.07, 6.45) is 1.32. The molecule has 0 unspecified atom stereocenters. The molecule has 19 heavy (non-hydrogen) atoms. The van der Waals surface area contributed by atoms with E-state index >= 15 is 0 Å². The number of aryl methyl sites for hydroxylation is 1. The van der Waals surface area contributed by atoms with Crippen LogP contribution in [0.3, 0.4) is 0 Å². The number of aromatic nitrogens is 1. The van der Waals surface area contributed by atoms with Crippen molar-refractivity contribution >= 4 is 31.8 Å². The van der Waals surface area contributed by atoms with E-state index in [-0.39, 0.29) is 10.7 Å². The van der Waals surface area contributed by atoms with Gasteiger partial charge in [-0.2, -0.15) is 0 Å². The lowest BCUT2D eigenvalue weighted by Gasteiger charge is -2.08. The summed E-state index contributed by atoms with van der Waals surface area (Å²) in [7, 11) is -3.83. The fraction of sp³-hybridized carbons (Fsp3) is 0.0833. The fourth-order valence-corrected chi connectivity index (χ4v) is 2.71. The molecular formula is C12H10BrFN2O2S. The van der Waals surface area contributed by atoms with Gasteiger partial charge in [0.1, 0.15) is 0 Å². The number of pyridine rings is 1. The van der Waals surface area contributed by atoms with E-state index in [9.17, 15) is 12.8 Å². The highest BCUT2D eigenvalue weighted by Crippen LogP contribution is 2.20. The summed E-state index contributed by atoms with van der Waals surface area (Å²) >= 11 is 3.05. The van der Waals surface area contributed by atoms with Crippen LogP contribution in [0, 0.1) is 12.7 Å². The molecule has 0 aliphatic rings. The minimum atomic E-state index is -3.83. The van der Waals surface area contributed by atoms with Crippen LogP contribution in [0.25, 0.3) is 0 Å². The van der Waals surface area contributed by atoms with Crippen LogP contribution in [-0.2, 0) is 10.0 Å². The molecule has 7 heteroatoms. The standard InChI is InChI=1S/C12H10BrFN2O2S/c1-8-2-4-10(5-3-8)19(17,18)16-12-11(14)6-9(13)7-15-12/h2-7H,1H3,(H,15,16). The summed E-state index contributed by atoms with van der Waals surface area (Å²) in [5.74, 6) is -1.08. The van der Waals surface area contributed by atoms with Crippen molar-refractivity contribution < 1.29 is 12.8 Å². The van der Waals surface area contributed by atoms with Crippen molar-refractivity contribution in [3.8, 4) is 0 Å². The molecule has 0 aliphatic heterocycles. The van der Waals surface area contributed by atoms with Gasteiger partial charge in [0, 0.05) is 10.7 Å². The van der Waals surface area contributed by atoms with E-state index in [1.807, 2.05) is 6.92 Å². The molecule has 0 spiro atoms. The maximum Gasteiger partial charge on any atom is 0.263 e. The molecule has 2 rings (SSSR count). The number of nitrogens with one attached hydrogen (secondary N) is 1. The highest BCUT2D eigenvalue weighted by molar-refractivity contribution is 9.10. The number of hydrogen-bond donors (Lipinski definition) is 1. The van der Waals surface area contributed by atoms with Crippen molar-refractivity contribution in [3.05, 3.63) is 52.4 Å². The molecule has 2 aromatic rings. The number of hydrogen-bond acceptors (Lipinski definition) is 3. The van der Waals surface area contributed by atoms with Gasteiger partial charge in [0.05, 0.1) is 4.90 Å². The van der Waals surface area contributed by atoms with Crippen LogP contribution in [0.15, 0.2) is 45.9 Å². The monoisotopic (exact) mass is 344 g/mol. The lowest BCUT2D eigenvalue weighted by atomic mass is 10.2. The molecule has 100 valence electrons. The first-order valence-corrected chi connectivity index (χ1v) is 7.56. The minimum Gasteiger partial charge on any atom is -0.261 e. The van der Waals surface area contributed by atoms with Gasteiger partial charge < -0.3 is 0 Å². The molecule has 1 aromatic heterocycles. The van der Waals surface area contributed by atoms with Crippen molar-refractivity contribution in [3.63, 3.8) is 0 Å². The molecule has 0 aliphatic carbocycles. The molecule has 0 bridgehead atoms. The summed E-state index contributed by atoms with van der Waals surface area (Å²) in [6.45, 7) is 1.85. The van der Waals surface area contributed by atoms with Gasteiger partial charge in [-0.05, 0) is 41.1 Å². The maximum atomic E-state index is 13.5. The molecule has 0 fully saturated rings. The topological polar surface area (TPSA) is 59.1 Å². The molecule has 0 radical (unpaired) electrons. The zero-order chi connectivity index (χ0) is 14.0. The van der Waals surface area contributed by atoms with Crippen molar-refractivity contribution in [1.29, 1.82) is 0 Å². The van der Waals surface area contributed by atoms with Crippen molar-refractivity contribution in [2.75, 3.05) is 4.72 Å². The number of sulfonamides is 1. The molecule has 0 amide bonds. The van der Waals surface area contributed by atoms with E-state index in [1.165, 1.54) is 18.3 Å². The Kier molecular flexibility index (Phi) is 3.86. The molecule has 4 nitrogen and oxygen atoms in total. The lowest BCUT2D eigenvalue weighted by molar-refractivity contribution is 0.597. The SMILES string of the molecule is Cc1ccc(S(=O)(=O)Nc2ncc(Br)cc2F)cc1. The number of rotatable bonds is 3. The van der Waals surface area contributed by atoms with E-state index in [1.54, 1.807) is 12.1 Å². The zero-order valence-corrected chi connectivity index (χ0v) is 12.3. The van der Waals surface area contributed by atoms with Gasteiger partial charge in [-0.15, -0.1) is 0 Å². The van der Waals surface area contributed by atoms with Gasteiger partial charge in [-0.1, -0.05) is 17.7 Å². The van der Waals surface area contributed by atoms with Gasteiger partial charge in [-0.25, -0.2) is 17.8 Å². The molecule has 0 saturated carbocycles. The Morgan fingerprint density at radius 1 is 1.26 bits per heavy atom. The number of anilines is 1. The summed E-state index contributed by atoms with van der Waals surface area (Å²) in [4.78, 5) is 3.75. The van der Waals surface area contributed by atoms with E-state index in [0.717, 1.165) is 11.6 Å². The normalized spacial score (nSPS) is 11.3. The molecule has 1 N–H and O–H groups in total. The lowest BCUT2D eigenvalue weighted by Crippen LogP contribution is -2.15. The van der Waals surface area contributed by atoms with Gasteiger partial charge in [0.15, 0.2) is 11.6 Å². The van der Waals surface area contributed by atoms with Gasteiger partial charge >= 0.3 is 0 Å². The number of halogens is 2. The van der Waals surface area contributed by atoms with Crippen LogP contribution in [0.4, 0.5) is 10.2 Å². The first-order valence-electron chi connectivity index (χ1n) is 5.29. The third-order valence-electron chi connectivity index (χ3n) is 2.37. The van der Waals surface area contributed by atoms with E-state index in [2.05, 4.69) is 25.6 Å². The van der Waals surface area contributed by atoms with E-state index < -0.39 is 15.8 Å². The van der Waals surface area contributed by atoms with Crippen molar-refractivity contribution in [1.82, 2.24) is 4.98 Å². The molecule has 1 heterocycles. The third kappa shape index (κ3) is 3.30. The second kappa shape index (κ2) is 5.26. The zero-order valence-electron chi connectivity index (χ0n) is 9.89. The van der Waals surface area contributed by atoms with Gasteiger partial charge in [0.25, 0.3) is 10.0 Å². The predicted molar refractivity (Wildman–Crippen MR) is 73.9 cm³/mol. The van der Waals surface area contributed by atoms with E-state index in [4.69, 9.17) is 0 Å². The van der Waals surface area contributed by atoms with Crippen LogP contribution in [0.2, 0.25) is 0 Å². The highest BCUT2D eigenvalue weighted by atomic mass is 79.9. The second-order valence-corrected chi connectivity index (χ2v) is 6.50. The number of benzene rings is 1. The summed E-state index contributed by atoms with van der Waals surface area (Å²) in [5, 5.41) is 0. The fourth-order valence-electron chi connectivity index (χ4n) is 1.39. The summed E-state index contributed by atoms with van der Waals surface area (Å²) in [5.41, 5.74) is 0.937. The predicted octanol–water partition coefficient (Wildman–Crippen LogP) is 3.09. The first kappa shape index (κ1) is 14.0. The molecule has 1 aromatic carbocycles. The molecule has 0 atom stereocenters. The molecule has 0 saturated heterocycles.